The molecular formula is C9H9NO3. The van der Waals surface area contributed by atoms with Crippen molar-refractivity contribution in [1.29, 1.82) is 0 Å². The van der Waals surface area contributed by atoms with Crippen LogP contribution in [-0.4, -0.2) is 16.7 Å². The Labute approximate surface area is 75.1 Å². The van der Waals surface area contributed by atoms with Gasteiger partial charge in [-0.2, -0.15) is 0 Å². The second-order valence-electron chi connectivity index (χ2n) is 3.01. The minimum absolute atomic E-state index is 0.0915. The molecule has 68 valence electrons. The van der Waals surface area contributed by atoms with Crippen molar-refractivity contribution in [3.05, 3.63) is 24.2 Å². The van der Waals surface area contributed by atoms with E-state index in [0.717, 1.165) is 5.56 Å². The van der Waals surface area contributed by atoms with Crippen LogP contribution in [-0.2, 0) is 16.1 Å². The van der Waals surface area contributed by atoms with Gasteiger partial charge >= 0.3 is 0 Å². The van der Waals surface area contributed by atoms with E-state index >= 15 is 0 Å². The number of imide groups is 1. The maximum absolute atomic E-state index is 11.2. The maximum atomic E-state index is 11.2. The summed E-state index contributed by atoms with van der Waals surface area (Å²) >= 11 is 0. The molecular weight excluding hydrogens is 170 g/mol. The Bertz CT molecular complexity index is 313. The lowest BCUT2D eigenvalue weighted by atomic mass is 10.3. The quantitative estimate of drug-likeness (QED) is 0.634. The third-order valence-electron chi connectivity index (χ3n) is 2.08. The molecule has 0 unspecified atom stereocenters. The van der Waals surface area contributed by atoms with Gasteiger partial charge in [0.1, 0.15) is 0 Å². The van der Waals surface area contributed by atoms with Crippen molar-refractivity contribution >= 4 is 11.8 Å². The van der Waals surface area contributed by atoms with Crippen LogP contribution in [0.5, 0.6) is 0 Å². The number of amides is 2. The van der Waals surface area contributed by atoms with Crippen molar-refractivity contribution < 1.29 is 14.0 Å². The van der Waals surface area contributed by atoms with Gasteiger partial charge in [0, 0.05) is 18.4 Å². The molecule has 0 N–H and O–H groups in total. The van der Waals surface area contributed by atoms with Gasteiger partial charge in [-0.1, -0.05) is 0 Å². The zero-order chi connectivity index (χ0) is 9.26. The first kappa shape index (κ1) is 8.04. The SMILES string of the molecule is O=C1CCC(=O)N1Cc1ccoc1. The van der Waals surface area contributed by atoms with Gasteiger partial charge in [0.2, 0.25) is 11.8 Å². The maximum Gasteiger partial charge on any atom is 0.229 e. The summed E-state index contributed by atoms with van der Waals surface area (Å²) in [4.78, 5) is 23.6. The highest BCUT2D eigenvalue weighted by Crippen LogP contribution is 2.15. The van der Waals surface area contributed by atoms with E-state index < -0.39 is 0 Å². The molecule has 0 spiro atoms. The molecule has 4 nitrogen and oxygen atoms in total. The molecule has 0 atom stereocenters. The molecule has 1 fully saturated rings. The molecule has 2 heterocycles. The Morgan fingerprint density at radius 3 is 2.54 bits per heavy atom. The minimum atomic E-state index is -0.0915. The fourth-order valence-electron chi connectivity index (χ4n) is 1.36. The van der Waals surface area contributed by atoms with Crippen molar-refractivity contribution in [1.82, 2.24) is 4.90 Å². The summed E-state index contributed by atoms with van der Waals surface area (Å²) < 4.78 is 4.85. The van der Waals surface area contributed by atoms with Gasteiger partial charge in [-0.25, -0.2) is 0 Å². The lowest BCUT2D eigenvalue weighted by molar-refractivity contribution is -0.139. The van der Waals surface area contributed by atoms with Crippen LogP contribution in [0.4, 0.5) is 0 Å². The monoisotopic (exact) mass is 179 g/mol. The molecule has 1 aliphatic rings. The molecule has 1 saturated heterocycles. The number of rotatable bonds is 2. The summed E-state index contributed by atoms with van der Waals surface area (Å²) in [6.45, 7) is 0.341. The molecule has 0 bridgehead atoms. The summed E-state index contributed by atoms with van der Waals surface area (Å²) in [5, 5.41) is 0. The van der Waals surface area contributed by atoms with Crippen molar-refractivity contribution in [3.63, 3.8) is 0 Å². The first-order valence-corrected chi connectivity index (χ1v) is 4.11. The van der Waals surface area contributed by atoms with Crippen LogP contribution in [0.2, 0.25) is 0 Å². The van der Waals surface area contributed by atoms with E-state index in [1.54, 1.807) is 12.3 Å². The van der Waals surface area contributed by atoms with E-state index in [-0.39, 0.29) is 11.8 Å². The van der Waals surface area contributed by atoms with Gasteiger partial charge in [-0.3, -0.25) is 14.5 Å². The van der Waals surface area contributed by atoms with Gasteiger partial charge in [0.15, 0.2) is 0 Å². The Morgan fingerprint density at radius 2 is 2.00 bits per heavy atom. The van der Waals surface area contributed by atoms with Gasteiger partial charge in [0.25, 0.3) is 0 Å². The van der Waals surface area contributed by atoms with E-state index in [9.17, 15) is 9.59 Å². The fraction of sp³-hybridized carbons (Fsp3) is 0.333. The van der Waals surface area contributed by atoms with Crippen LogP contribution in [0.25, 0.3) is 0 Å². The number of carbonyl (C=O) groups excluding carboxylic acids is 2. The number of carbonyl (C=O) groups is 2. The second kappa shape index (κ2) is 3.05. The van der Waals surface area contributed by atoms with Crippen LogP contribution in [0.3, 0.4) is 0 Å². The zero-order valence-corrected chi connectivity index (χ0v) is 7.03. The Hall–Kier alpha value is -1.58. The van der Waals surface area contributed by atoms with Crippen LogP contribution < -0.4 is 0 Å². The smallest absolute Gasteiger partial charge is 0.229 e. The minimum Gasteiger partial charge on any atom is -0.472 e. The van der Waals surface area contributed by atoms with Crippen LogP contribution >= 0.6 is 0 Å². The molecule has 13 heavy (non-hydrogen) atoms. The third kappa shape index (κ3) is 1.47. The van der Waals surface area contributed by atoms with Crippen LogP contribution in [0, 0.1) is 0 Å². The average Bonchev–Trinajstić information content (AvgIpc) is 2.70. The van der Waals surface area contributed by atoms with Gasteiger partial charge < -0.3 is 4.42 Å². The third-order valence-corrected chi connectivity index (χ3v) is 2.08. The molecule has 0 aliphatic carbocycles. The van der Waals surface area contributed by atoms with E-state index in [1.807, 2.05) is 0 Å². The molecule has 1 aromatic heterocycles. The predicted molar refractivity (Wildman–Crippen MR) is 43.5 cm³/mol. The molecule has 1 aliphatic heterocycles. The summed E-state index contributed by atoms with van der Waals surface area (Å²) in [6, 6.07) is 1.75. The Balaban J connectivity index is 2.09. The standard InChI is InChI=1S/C9H9NO3/c11-8-1-2-9(12)10(8)5-7-3-4-13-6-7/h3-4,6H,1-2,5H2. The molecule has 0 radical (unpaired) electrons. The summed E-state index contributed by atoms with van der Waals surface area (Å²) in [5.41, 5.74) is 0.851. The average molecular weight is 179 g/mol. The second-order valence-corrected chi connectivity index (χ2v) is 3.01. The van der Waals surface area contributed by atoms with Crippen molar-refractivity contribution in [2.75, 3.05) is 0 Å². The van der Waals surface area contributed by atoms with E-state index in [1.165, 1.54) is 11.2 Å². The van der Waals surface area contributed by atoms with Crippen molar-refractivity contribution in [2.24, 2.45) is 0 Å². The van der Waals surface area contributed by atoms with Gasteiger partial charge in [-0.05, 0) is 6.07 Å². The summed E-state index contributed by atoms with van der Waals surface area (Å²) in [5.74, 6) is -0.183. The van der Waals surface area contributed by atoms with E-state index in [0.29, 0.717) is 19.4 Å². The zero-order valence-electron chi connectivity index (χ0n) is 7.03. The van der Waals surface area contributed by atoms with Gasteiger partial charge in [-0.15, -0.1) is 0 Å². The number of likely N-dealkylation sites (tertiary alicyclic amines) is 1. The van der Waals surface area contributed by atoms with E-state index in [2.05, 4.69) is 0 Å². The molecule has 0 saturated carbocycles. The Kier molecular flexibility index (Phi) is 1.88. The summed E-state index contributed by atoms with van der Waals surface area (Å²) in [6.07, 6.45) is 3.76. The number of nitrogens with zero attached hydrogens (tertiary/aromatic N) is 1. The van der Waals surface area contributed by atoms with Gasteiger partial charge in [0.05, 0.1) is 19.1 Å². The van der Waals surface area contributed by atoms with Crippen molar-refractivity contribution in [2.45, 2.75) is 19.4 Å². The molecule has 4 heteroatoms. The molecule has 0 aromatic carbocycles. The highest BCUT2D eigenvalue weighted by molar-refractivity contribution is 6.01. The Morgan fingerprint density at radius 1 is 1.31 bits per heavy atom. The highest BCUT2D eigenvalue weighted by atomic mass is 16.3. The molecule has 2 amide bonds. The fourth-order valence-corrected chi connectivity index (χ4v) is 1.36. The normalized spacial score (nSPS) is 17.1. The lowest BCUT2D eigenvalue weighted by Crippen LogP contribution is -2.28. The first-order chi connectivity index (χ1) is 6.27. The lowest BCUT2D eigenvalue weighted by Gasteiger charge is -2.11. The van der Waals surface area contributed by atoms with Crippen LogP contribution in [0.15, 0.2) is 23.0 Å². The van der Waals surface area contributed by atoms with E-state index in [4.69, 9.17) is 4.42 Å². The number of furan rings is 1. The largest absolute Gasteiger partial charge is 0.472 e. The predicted octanol–water partition coefficient (Wildman–Crippen LogP) is 0.929. The molecule has 2 rings (SSSR count). The number of hydrogen-bond acceptors (Lipinski definition) is 3. The summed E-state index contributed by atoms with van der Waals surface area (Å²) in [7, 11) is 0. The number of hydrogen-bond donors (Lipinski definition) is 0. The topological polar surface area (TPSA) is 50.5 Å². The highest BCUT2D eigenvalue weighted by Gasteiger charge is 2.28. The van der Waals surface area contributed by atoms with Crippen LogP contribution in [0.1, 0.15) is 18.4 Å². The molecule has 1 aromatic rings. The van der Waals surface area contributed by atoms with Crippen molar-refractivity contribution in [3.8, 4) is 0 Å². The first-order valence-electron chi connectivity index (χ1n) is 4.11.